The molecular weight excluding hydrogens is 486 g/mol. The molecule has 0 fully saturated rings. The third-order valence-corrected chi connectivity index (χ3v) is 6.07. The number of nitrogens with zero attached hydrogens (tertiary/aromatic N) is 3. The Balaban J connectivity index is 0.000000301. The van der Waals surface area contributed by atoms with E-state index in [0.29, 0.717) is 11.1 Å². The van der Waals surface area contributed by atoms with Crippen LogP contribution in [0, 0.1) is 58.7 Å². The molecule has 0 N–H and O–H groups in total. The molecular formula is C37H39N3. The lowest BCUT2D eigenvalue weighted by Gasteiger charge is -2.22. The molecule has 0 saturated heterocycles. The van der Waals surface area contributed by atoms with Gasteiger partial charge in [0.25, 0.3) is 0 Å². The van der Waals surface area contributed by atoms with Gasteiger partial charge in [-0.15, -0.1) is 12.8 Å². The van der Waals surface area contributed by atoms with Gasteiger partial charge in [0.1, 0.15) is 0 Å². The van der Waals surface area contributed by atoms with Gasteiger partial charge >= 0.3 is 0 Å². The fourth-order valence-electron chi connectivity index (χ4n) is 3.83. The van der Waals surface area contributed by atoms with Crippen LogP contribution in [-0.4, -0.2) is 0 Å². The Morgan fingerprint density at radius 3 is 1.40 bits per heavy atom. The Morgan fingerprint density at radius 2 is 1.00 bits per heavy atom. The van der Waals surface area contributed by atoms with Gasteiger partial charge in [-0.05, 0) is 75.4 Å². The van der Waals surface area contributed by atoms with E-state index in [-0.39, 0.29) is 16.2 Å². The van der Waals surface area contributed by atoms with Crippen molar-refractivity contribution in [2.24, 2.45) is 0 Å². The second-order valence-corrected chi connectivity index (χ2v) is 12.5. The zero-order valence-corrected chi connectivity index (χ0v) is 25.3. The van der Waals surface area contributed by atoms with E-state index >= 15 is 0 Å². The summed E-state index contributed by atoms with van der Waals surface area (Å²) in [6, 6.07) is 25.2. The molecule has 0 spiro atoms. The third kappa shape index (κ3) is 9.85. The van der Waals surface area contributed by atoms with E-state index in [1.807, 2.05) is 48.5 Å². The first-order chi connectivity index (χ1) is 18.5. The molecule has 0 aliphatic heterocycles. The molecule has 3 nitrogen and oxygen atoms in total. The monoisotopic (exact) mass is 525 g/mol. The van der Waals surface area contributed by atoms with E-state index < -0.39 is 0 Å². The highest BCUT2D eigenvalue weighted by atomic mass is 14.3. The van der Waals surface area contributed by atoms with Crippen molar-refractivity contribution in [3.8, 4) is 42.9 Å². The van der Waals surface area contributed by atoms with Gasteiger partial charge < -0.3 is 0 Å². The molecule has 40 heavy (non-hydrogen) atoms. The average Bonchev–Trinajstić information content (AvgIpc) is 2.91. The molecule has 0 aromatic heterocycles. The SMILES string of the molecule is C#Cc1cc(C#N)cc(C(C)(C)C)c1.C#Cc1cccc(C#N)c1C(C)(C)C.CC(C)(C)c1ccc(C#N)cc1. The number of rotatable bonds is 0. The van der Waals surface area contributed by atoms with Crippen LogP contribution in [0.1, 0.15) is 107 Å². The predicted octanol–water partition coefficient (Wildman–Crippen LogP) is 8.53. The molecule has 0 amide bonds. The van der Waals surface area contributed by atoms with Crippen molar-refractivity contribution in [2.75, 3.05) is 0 Å². The van der Waals surface area contributed by atoms with Crippen LogP contribution in [0.3, 0.4) is 0 Å². The number of nitriles is 3. The molecule has 0 atom stereocenters. The van der Waals surface area contributed by atoms with E-state index in [1.165, 1.54) is 5.56 Å². The van der Waals surface area contributed by atoms with Gasteiger partial charge in [-0.2, -0.15) is 15.8 Å². The van der Waals surface area contributed by atoms with Crippen LogP contribution in [0.15, 0.2) is 60.7 Å². The first-order valence-electron chi connectivity index (χ1n) is 13.0. The summed E-state index contributed by atoms with van der Waals surface area (Å²) in [4.78, 5) is 0. The second kappa shape index (κ2) is 13.9. The lowest BCUT2D eigenvalue weighted by molar-refractivity contribution is 0.587. The lowest BCUT2D eigenvalue weighted by atomic mass is 9.81. The van der Waals surface area contributed by atoms with Gasteiger partial charge in [-0.1, -0.05) is 92.4 Å². The molecule has 0 radical (unpaired) electrons. The van der Waals surface area contributed by atoms with Crippen molar-refractivity contribution in [2.45, 2.75) is 78.6 Å². The van der Waals surface area contributed by atoms with Crippen molar-refractivity contribution in [3.05, 3.63) is 105 Å². The second-order valence-electron chi connectivity index (χ2n) is 12.5. The van der Waals surface area contributed by atoms with Crippen LogP contribution < -0.4 is 0 Å². The molecule has 202 valence electrons. The van der Waals surface area contributed by atoms with Crippen molar-refractivity contribution < 1.29 is 0 Å². The summed E-state index contributed by atoms with van der Waals surface area (Å²) < 4.78 is 0. The van der Waals surface area contributed by atoms with Crippen LogP contribution >= 0.6 is 0 Å². The quantitative estimate of drug-likeness (QED) is 0.276. The van der Waals surface area contributed by atoms with Crippen LogP contribution in [-0.2, 0) is 16.2 Å². The van der Waals surface area contributed by atoms with Crippen molar-refractivity contribution >= 4 is 0 Å². The van der Waals surface area contributed by atoms with Crippen LogP contribution in [0.2, 0.25) is 0 Å². The molecule has 0 bridgehead atoms. The van der Waals surface area contributed by atoms with Crippen LogP contribution in [0.25, 0.3) is 0 Å². The maximum absolute atomic E-state index is 8.98. The van der Waals surface area contributed by atoms with Crippen molar-refractivity contribution in [3.63, 3.8) is 0 Å². The molecule has 0 saturated carbocycles. The molecule has 0 heterocycles. The average molecular weight is 526 g/mol. The molecule has 3 rings (SSSR count). The van der Waals surface area contributed by atoms with Gasteiger partial charge in [0.05, 0.1) is 34.9 Å². The molecule has 3 heteroatoms. The highest BCUT2D eigenvalue weighted by Gasteiger charge is 2.21. The molecule has 0 aliphatic carbocycles. The van der Waals surface area contributed by atoms with Crippen LogP contribution in [0.5, 0.6) is 0 Å². The van der Waals surface area contributed by atoms with E-state index in [2.05, 4.69) is 92.4 Å². The largest absolute Gasteiger partial charge is 0.192 e. The highest BCUT2D eigenvalue weighted by molar-refractivity contribution is 5.52. The Hall–Kier alpha value is -4.75. The Labute approximate surface area is 242 Å². The smallest absolute Gasteiger partial charge is 0.0995 e. The number of benzene rings is 3. The minimum Gasteiger partial charge on any atom is -0.192 e. The lowest BCUT2D eigenvalue weighted by Crippen LogP contribution is -2.15. The summed E-state index contributed by atoms with van der Waals surface area (Å²) in [7, 11) is 0. The molecule has 0 unspecified atom stereocenters. The first kappa shape index (κ1) is 33.3. The highest BCUT2D eigenvalue weighted by Crippen LogP contribution is 2.28. The predicted molar refractivity (Wildman–Crippen MR) is 165 cm³/mol. The maximum Gasteiger partial charge on any atom is 0.0995 e. The molecule has 3 aromatic rings. The fraction of sp³-hybridized carbons (Fsp3) is 0.324. The summed E-state index contributed by atoms with van der Waals surface area (Å²) in [6.45, 7) is 19.0. The topological polar surface area (TPSA) is 71.4 Å². The minimum atomic E-state index is -0.0893. The first-order valence-corrected chi connectivity index (χ1v) is 13.0. The van der Waals surface area contributed by atoms with E-state index in [9.17, 15) is 0 Å². The van der Waals surface area contributed by atoms with Gasteiger partial charge in [0, 0.05) is 11.1 Å². The standard InChI is InChI=1S/2C13H13N.C11H13N/c1-5-10-6-11(9-14)8-12(7-10)13(2,3)4;1-5-10-7-6-8-11(9-14)12(10)13(2,3)4;1-11(2,3)10-6-4-9(8-12)5-7-10/h2*1,6-8H,2-4H3;4-7H,1-3H3. The summed E-state index contributed by atoms with van der Waals surface area (Å²) in [5.74, 6) is 5.19. The molecule has 3 aromatic carbocycles. The summed E-state index contributed by atoms with van der Waals surface area (Å²) in [6.07, 6.45) is 10.7. The third-order valence-electron chi connectivity index (χ3n) is 6.07. The zero-order chi connectivity index (χ0) is 30.7. The van der Waals surface area contributed by atoms with Gasteiger partial charge in [-0.25, -0.2) is 0 Å². The van der Waals surface area contributed by atoms with Crippen molar-refractivity contribution in [1.82, 2.24) is 0 Å². The Kier molecular flexibility index (Phi) is 11.5. The maximum atomic E-state index is 8.98. The van der Waals surface area contributed by atoms with Crippen molar-refractivity contribution in [1.29, 1.82) is 15.8 Å². The minimum absolute atomic E-state index is 0.0263. The normalized spacial score (nSPS) is 10.5. The van der Waals surface area contributed by atoms with E-state index in [4.69, 9.17) is 28.6 Å². The van der Waals surface area contributed by atoms with Gasteiger partial charge in [0.2, 0.25) is 0 Å². The fourth-order valence-corrected chi connectivity index (χ4v) is 3.83. The summed E-state index contributed by atoms with van der Waals surface area (Å²) in [5.41, 5.74) is 7.06. The zero-order valence-electron chi connectivity index (χ0n) is 25.3. The van der Waals surface area contributed by atoms with Gasteiger partial charge in [-0.3, -0.25) is 0 Å². The van der Waals surface area contributed by atoms with Crippen LogP contribution in [0.4, 0.5) is 0 Å². The van der Waals surface area contributed by atoms with E-state index in [0.717, 1.165) is 27.8 Å². The van der Waals surface area contributed by atoms with Gasteiger partial charge in [0.15, 0.2) is 0 Å². The number of terminal acetylenes is 2. The number of hydrogen-bond acceptors (Lipinski definition) is 3. The Morgan fingerprint density at radius 1 is 0.500 bits per heavy atom. The summed E-state index contributed by atoms with van der Waals surface area (Å²) >= 11 is 0. The number of hydrogen-bond donors (Lipinski definition) is 0. The summed E-state index contributed by atoms with van der Waals surface area (Å²) in [5, 5.41) is 26.4. The van der Waals surface area contributed by atoms with E-state index in [1.54, 1.807) is 12.1 Å². The molecule has 0 aliphatic rings. The Bertz CT molecular complexity index is 1450.